The molecule has 1 aliphatic heterocycles. The maximum atomic E-state index is 5.78. The van der Waals surface area contributed by atoms with Crippen LogP contribution in [-0.4, -0.2) is 52.8 Å². The second-order valence-electron chi connectivity index (χ2n) is 3.95. The van der Waals surface area contributed by atoms with Crippen molar-refractivity contribution in [3.8, 4) is 0 Å². The van der Waals surface area contributed by atoms with Gasteiger partial charge in [0.2, 0.25) is 0 Å². The molecule has 0 radical (unpaired) electrons. The third-order valence-corrected chi connectivity index (χ3v) is 39.1. The molecule has 0 spiro atoms. The van der Waals surface area contributed by atoms with Crippen LogP contribution in [0.5, 0.6) is 0 Å². The monoisotopic (exact) mass is 250 g/mol. The van der Waals surface area contributed by atoms with E-state index in [2.05, 4.69) is 19.2 Å². The van der Waals surface area contributed by atoms with Crippen LogP contribution in [0.25, 0.3) is 0 Å². The highest BCUT2D eigenvalue weighted by Crippen LogP contribution is 2.00. The normalized spacial score (nSPS) is 33.9. The molecule has 0 bridgehead atoms. The van der Waals surface area contributed by atoms with E-state index in [1.807, 2.05) is 0 Å². The highest BCUT2D eigenvalue weighted by Gasteiger charge is 2.25. The standard InChI is InChI=1S/C6H22N2OSi4/c1-3-6(8-5(2)7)13-4-9-10-11-12-13/h5-6,8,13H,3-4,7,10-12H2,1-2H3. The second kappa shape index (κ2) is 6.27. The number of nitrogens with two attached hydrogens (primary N) is 1. The van der Waals surface area contributed by atoms with Crippen molar-refractivity contribution in [1.29, 1.82) is 0 Å². The quantitative estimate of drug-likeness (QED) is 0.407. The molecular weight excluding hydrogens is 228 g/mol. The lowest BCUT2D eigenvalue weighted by molar-refractivity contribution is 0.408. The average Bonchev–Trinajstić information content (AvgIpc) is 2.15. The zero-order valence-electron chi connectivity index (χ0n) is 8.75. The minimum atomic E-state index is -0.475. The van der Waals surface area contributed by atoms with E-state index in [1.54, 1.807) is 0 Å². The molecular formula is C6H22N2OSi4. The maximum absolute atomic E-state index is 5.78. The summed E-state index contributed by atoms with van der Waals surface area (Å²) < 4.78 is 5.76. The predicted octanol–water partition coefficient (Wildman–Crippen LogP) is -3.26. The maximum Gasteiger partial charge on any atom is 0.139 e. The van der Waals surface area contributed by atoms with Crippen LogP contribution in [0.4, 0.5) is 0 Å². The van der Waals surface area contributed by atoms with E-state index in [4.69, 9.17) is 10.2 Å². The fourth-order valence-electron chi connectivity index (χ4n) is 2.01. The summed E-state index contributed by atoms with van der Waals surface area (Å²) in [6.07, 6.45) is 2.64. The van der Waals surface area contributed by atoms with Gasteiger partial charge in [-0.25, -0.2) is 0 Å². The Morgan fingerprint density at radius 2 is 2.46 bits per heavy atom. The number of rotatable bonds is 4. The van der Waals surface area contributed by atoms with Crippen LogP contribution in [0.2, 0.25) is 0 Å². The van der Waals surface area contributed by atoms with E-state index in [9.17, 15) is 0 Å². The van der Waals surface area contributed by atoms with E-state index in [0.29, 0.717) is 17.1 Å². The Labute approximate surface area is 88.8 Å². The molecule has 3 unspecified atom stereocenters. The van der Waals surface area contributed by atoms with E-state index in [1.165, 1.54) is 12.7 Å². The molecule has 3 nitrogen and oxygen atoms in total. The van der Waals surface area contributed by atoms with Gasteiger partial charge in [-0.15, -0.1) is 0 Å². The molecule has 3 N–H and O–H groups in total. The van der Waals surface area contributed by atoms with Crippen LogP contribution >= 0.6 is 0 Å². The lowest BCUT2D eigenvalue weighted by atomic mass is 10.4. The topological polar surface area (TPSA) is 47.3 Å². The Kier molecular flexibility index (Phi) is 5.70. The van der Waals surface area contributed by atoms with Crippen molar-refractivity contribution < 1.29 is 4.43 Å². The zero-order valence-corrected chi connectivity index (χ0v) is 14.2. The van der Waals surface area contributed by atoms with Gasteiger partial charge in [-0.05, 0) is 19.0 Å². The fourth-order valence-corrected chi connectivity index (χ4v) is 47.5. The van der Waals surface area contributed by atoms with Gasteiger partial charge in [0.25, 0.3) is 0 Å². The summed E-state index contributed by atoms with van der Waals surface area (Å²) in [7, 11) is 0.440. The first kappa shape index (κ1) is 11.8. The molecule has 1 rings (SSSR count). The lowest BCUT2D eigenvalue weighted by Crippen LogP contribution is -2.58. The minimum absolute atomic E-state index is 0.0863. The van der Waals surface area contributed by atoms with E-state index >= 15 is 0 Å². The van der Waals surface area contributed by atoms with Crippen LogP contribution in [0.1, 0.15) is 20.3 Å². The summed E-state index contributed by atoms with van der Waals surface area (Å²) in [4.78, 5) is 0. The Bertz CT molecular complexity index is 143. The highest BCUT2D eigenvalue weighted by molar-refractivity contribution is 7.49. The third kappa shape index (κ3) is 4.19. The molecule has 0 aliphatic carbocycles. The molecule has 1 fully saturated rings. The molecule has 0 aromatic heterocycles. The molecule has 1 heterocycles. The Balaban J connectivity index is 2.34. The first-order valence-corrected chi connectivity index (χ1v) is 18.7. The smallest absolute Gasteiger partial charge is 0.139 e. The molecule has 1 saturated heterocycles. The summed E-state index contributed by atoms with van der Waals surface area (Å²) in [5.74, 6) is 0. The van der Waals surface area contributed by atoms with Crippen LogP contribution in [-0.2, 0) is 4.43 Å². The largest absolute Gasteiger partial charge is 0.432 e. The Hall–Kier alpha value is 0.748. The average molecular weight is 251 g/mol. The van der Waals surface area contributed by atoms with E-state index in [0.717, 1.165) is 5.67 Å². The van der Waals surface area contributed by atoms with Gasteiger partial charge in [0.1, 0.15) is 9.28 Å². The molecule has 0 saturated carbocycles. The van der Waals surface area contributed by atoms with Crippen LogP contribution in [0.15, 0.2) is 0 Å². The molecule has 0 aromatic carbocycles. The first-order chi connectivity index (χ1) is 6.24. The molecule has 0 amide bonds. The van der Waals surface area contributed by atoms with Gasteiger partial charge in [0, 0.05) is 23.3 Å². The second-order valence-corrected chi connectivity index (χ2v) is 28.5. The van der Waals surface area contributed by atoms with Gasteiger partial charge < -0.3 is 15.5 Å². The van der Waals surface area contributed by atoms with Crippen molar-refractivity contribution in [2.75, 3.05) is 6.23 Å². The summed E-state index contributed by atoms with van der Waals surface area (Å²) in [5.41, 5.74) is 6.57. The molecule has 13 heavy (non-hydrogen) atoms. The summed E-state index contributed by atoms with van der Waals surface area (Å²) in [6, 6.07) is 0. The van der Waals surface area contributed by atoms with E-state index in [-0.39, 0.29) is 15.4 Å². The van der Waals surface area contributed by atoms with Crippen molar-refractivity contribution in [1.82, 2.24) is 5.32 Å². The molecule has 3 atom stereocenters. The van der Waals surface area contributed by atoms with Gasteiger partial charge in [-0.3, -0.25) is 0 Å². The van der Waals surface area contributed by atoms with Gasteiger partial charge in [0.05, 0.1) is 14.5 Å². The predicted molar refractivity (Wildman–Crippen MR) is 69.6 cm³/mol. The lowest BCUT2D eigenvalue weighted by Gasteiger charge is -2.30. The third-order valence-electron chi connectivity index (χ3n) is 2.68. The number of nitrogens with one attached hydrogen (secondary N) is 1. The van der Waals surface area contributed by atoms with Crippen molar-refractivity contribution in [2.24, 2.45) is 5.73 Å². The van der Waals surface area contributed by atoms with Gasteiger partial charge in [-0.1, -0.05) is 6.92 Å². The molecule has 7 heteroatoms. The van der Waals surface area contributed by atoms with Crippen molar-refractivity contribution in [3.63, 3.8) is 0 Å². The van der Waals surface area contributed by atoms with Crippen molar-refractivity contribution in [3.05, 3.63) is 0 Å². The fraction of sp³-hybridized carbons (Fsp3) is 1.00. The zero-order chi connectivity index (χ0) is 9.68. The molecule has 0 aromatic rings. The first-order valence-electron chi connectivity index (χ1n) is 5.33. The van der Waals surface area contributed by atoms with Crippen molar-refractivity contribution in [2.45, 2.75) is 32.1 Å². The summed E-state index contributed by atoms with van der Waals surface area (Å²) >= 11 is 0. The summed E-state index contributed by atoms with van der Waals surface area (Å²) in [6.45, 7) is 4.34. The van der Waals surface area contributed by atoms with E-state index < -0.39 is 8.31 Å². The van der Waals surface area contributed by atoms with Crippen LogP contribution in [0, 0.1) is 0 Å². The van der Waals surface area contributed by atoms with Crippen molar-refractivity contribution >= 4 is 34.7 Å². The Morgan fingerprint density at radius 3 is 2.92 bits per heavy atom. The molecule has 78 valence electrons. The molecule has 1 aliphatic rings. The Morgan fingerprint density at radius 1 is 1.69 bits per heavy atom. The van der Waals surface area contributed by atoms with Crippen LogP contribution in [0.3, 0.4) is 0 Å². The minimum Gasteiger partial charge on any atom is -0.432 e. The van der Waals surface area contributed by atoms with Crippen LogP contribution < -0.4 is 11.1 Å². The van der Waals surface area contributed by atoms with Gasteiger partial charge >= 0.3 is 0 Å². The highest BCUT2D eigenvalue weighted by atomic mass is 29.7. The summed E-state index contributed by atoms with van der Waals surface area (Å²) in [5, 5.41) is 3.53. The van der Waals surface area contributed by atoms with Gasteiger partial charge in [0.15, 0.2) is 0 Å². The SMILES string of the molecule is CCC(NC(C)N)[SiH]1CO[SiH2][SiH2][SiH2]1. The number of hydrogen-bond acceptors (Lipinski definition) is 3. The van der Waals surface area contributed by atoms with Gasteiger partial charge in [-0.2, -0.15) is 0 Å². The number of hydrogen-bond donors (Lipinski definition) is 2.